The van der Waals surface area contributed by atoms with E-state index in [1.165, 1.54) is 12.1 Å². The van der Waals surface area contributed by atoms with Gasteiger partial charge in [-0.05, 0) is 45.9 Å². The number of nitrogens with one attached hydrogen (secondary N) is 1. The maximum absolute atomic E-state index is 13.5. The van der Waals surface area contributed by atoms with Gasteiger partial charge in [-0.25, -0.2) is 4.39 Å². The Hall–Kier alpha value is -1.20. The first-order chi connectivity index (χ1) is 9.63. The van der Waals surface area contributed by atoms with Crippen LogP contribution in [0.4, 0.5) is 4.39 Å². The first-order valence-corrected chi connectivity index (χ1v) is 8.09. The lowest BCUT2D eigenvalue weighted by Gasteiger charge is -2.17. The Morgan fingerprint density at radius 1 is 1.40 bits per heavy atom. The second kappa shape index (κ2) is 6.99. The Bertz CT molecular complexity index is 586. The highest BCUT2D eigenvalue weighted by atomic mass is 79.9. The van der Waals surface area contributed by atoms with E-state index in [1.54, 1.807) is 17.4 Å². The Morgan fingerprint density at radius 3 is 2.85 bits per heavy atom. The molecule has 1 amide bonds. The number of carbonyl (C=O) groups excluding carboxylic acids is 1. The highest BCUT2D eigenvalue weighted by Gasteiger charge is 2.18. The summed E-state index contributed by atoms with van der Waals surface area (Å²) in [5.41, 5.74) is 0.322. The molecule has 1 heterocycles. The van der Waals surface area contributed by atoms with E-state index in [0.717, 1.165) is 17.7 Å². The van der Waals surface area contributed by atoms with Crippen LogP contribution in [0, 0.1) is 5.82 Å². The standard InChI is InChI=1S/C15H15BrFNOS/c1-2-5-12(13-8-4-9-20-13)18-15(19)10-6-3-7-11(17)14(10)16/h3-4,6-9,12H,2,5H2,1H3,(H,18,19). The highest BCUT2D eigenvalue weighted by Crippen LogP contribution is 2.25. The summed E-state index contributed by atoms with van der Waals surface area (Å²) >= 11 is 4.74. The number of hydrogen-bond acceptors (Lipinski definition) is 2. The molecular formula is C15H15BrFNOS. The van der Waals surface area contributed by atoms with Crippen molar-refractivity contribution in [2.24, 2.45) is 0 Å². The number of amides is 1. The first kappa shape index (κ1) is 15.2. The van der Waals surface area contributed by atoms with Crippen molar-refractivity contribution in [2.45, 2.75) is 25.8 Å². The van der Waals surface area contributed by atoms with Crippen LogP contribution in [0.25, 0.3) is 0 Å². The van der Waals surface area contributed by atoms with E-state index in [2.05, 4.69) is 28.2 Å². The van der Waals surface area contributed by atoms with Crippen LogP contribution < -0.4 is 5.32 Å². The van der Waals surface area contributed by atoms with Crippen LogP contribution in [0.1, 0.15) is 41.0 Å². The van der Waals surface area contributed by atoms with Gasteiger partial charge in [0.05, 0.1) is 16.1 Å². The maximum Gasteiger partial charge on any atom is 0.253 e. The van der Waals surface area contributed by atoms with Gasteiger partial charge in [-0.1, -0.05) is 25.5 Å². The molecule has 0 spiro atoms. The minimum atomic E-state index is -0.430. The zero-order valence-corrected chi connectivity index (χ0v) is 13.4. The number of benzene rings is 1. The maximum atomic E-state index is 13.5. The minimum Gasteiger partial charge on any atom is -0.344 e. The molecule has 1 atom stereocenters. The summed E-state index contributed by atoms with van der Waals surface area (Å²) in [4.78, 5) is 13.4. The average molecular weight is 356 g/mol. The number of carbonyl (C=O) groups is 1. The SMILES string of the molecule is CCCC(NC(=O)c1cccc(F)c1Br)c1cccs1. The molecule has 0 aliphatic rings. The number of halogens is 2. The molecule has 0 bridgehead atoms. The van der Waals surface area contributed by atoms with Crippen molar-refractivity contribution in [1.29, 1.82) is 0 Å². The van der Waals surface area contributed by atoms with Crippen LogP contribution in [0.15, 0.2) is 40.2 Å². The third kappa shape index (κ3) is 3.46. The fourth-order valence-corrected chi connectivity index (χ4v) is 3.24. The first-order valence-electron chi connectivity index (χ1n) is 6.41. The molecule has 0 radical (unpaired) electrons. The predicted octanol–water partition coefficient (Wildman–Crippen LogP) is 4.92. The van der Waals surface area contributed by atoms with Crippen molar-refractivity contribution in [1.82, 2.24) is 5.32 Å². The zero-order valence-electron chi connectivity index (χ0n) is 11.0. The summed E-state index contributed by atoms with van der Waals surface area (Å²) in [5.74, 6) is -0.691. The van der Waals surface area contributed by atoms with Crippen molar-refractivity contribution in [3.05, 3.63) is 56.4 Å². The molecule has 2 aromatic rings. The molecule has 106 valence electrons. The molecule has 1 N–H and O–H groups in total. The van der Waals surface area contributed by atoms with Crippen LogP contribution in [-0.2, 0) is 0 Å². The number of hydrogen-bond donors (Lipinski definition) is 1. The lowest BCUT2D eigenvalue weighted by molar-refractivity contribution is 0.0934. The lowest BCUT2D eigenvalue weighted by Crippen LogP contribution is -2.28. The van der Waals surface area contributed by atoms with Gasteiger partial charge in [-0.2, -0.15) is 0 Å². The summed E-state index contributed by atoms with van der Waals surface area (Å²) in [7, 11) is 0. The molecule has 0 fully saturated rings. The molecule has 20 heavy (non-hydrogen) atoms. The van der Waals surface area contributed by atoms with Crippen LogP contribution in [-0.4, -0.2) is 5.91 Å². The van der Waals surface area contributed by atoms with Crippen LogP contribution in [0.5, 0.6) is 0 Å². The molecule has 0 aliphatic heterocycles. The number of thiophene rings is 1. The fraction of sp³-hybridized carbons (Fsp3) is 0.267. The predicted molar refractivity (Wildman–Crippen MR) is 83.5 cm³/mol. The Balaban J connectivity index is 2.18. The molecule has 1 aromatic heterocycles. The van der Waals surface area contributed by atoms with E-state index in [4.69, 9.17) is 0 Å². The zero-order chi connectivity index (χ0) is 14.5. The highest BCUT2D eigenvalue weighted by molar-refractivity contribution is 9.10. The van der Waals surface area contributed by atoms with E-state index < -0.39 is 5.82 Å². The summed E-state index contributed by atoms with van der Waals surface area (Å²) in [5, 5.41) is 4.97. The molecule has 0 saturated heterocycles. The molecule has 1 aromatic carbocycles. The molecule has 0 aliphatic carbocycles. The van der Waals surface area contributed by atoms with Gasteiger partial charge in [0.1, 0.15) is 5.82 Å². The smallest absolute Gasteiger partial charge is 0.253 e. The second-order valence-corrected chi connectivity index (χ2v) is 6.20. The Morgan fingerprint density at radius 2 is 2.20 bits per heavy atom. The monoisotopic (exact) mass is 355 g/mol. The molecule has 0 saturated carbocycles. The molecule has 1 unspecified atom stereocenters. The van der Waals surface area contributed by atoms with Gasteiger partial charge in [0.2, 0.25) is 0 Å². The van der Waals surface area contributed by atoms with Crippen molar-refractivity contribution < 1.29 is 9.18 Å². The van der Waals surface area contributed by atoms with E-state index >= 15 is 0 Å². The summed E-state index contributed by atoms with van der Waals surface area (Å²) in [6, 6.07) is 8.42. The normalized spacial score (nSPS) is 12.2. The molecule has 5 heteroatoms. The van der Waals surface area contributed by atoms with Gasteiger partial charge in [-0.3, -0.25) is 4.79 Å². The van der Waals surface area contributed by atoms with Crippen LogP contribution in [0.2, 0.25) is 0 Å². The van der Waals surface area contributed by atoms with Gasteiger partial charge < -0.3 is 5.32 Å². The van der Waals surface area contributed by atoms with E-state index in [-0.39, 0.29) is 16.4 Å². The van der Waals surface area contributed by atoms with Gasteiger partial charge in [0.15, 0.2) is 0 Å². The lowest BCUT2D eigenvalue weighted by atomic mass is 10.1. The van der Waals surface area contributed by atoms with Crippen molar-refractivity contribution in [3.8, 4) is 0 Å². The Labute approximate surface area is 130 Å². The second-order valence-electron chi connectivity index (χ2n) is 4.43. The van der Waals surface area contributed by atoms with E-state index in [0.29, 0.717) is 5.56 Å². The topological polar surface area (TPSA) is 29.1 Å². The molecule has 2 rings (SSSR count). The number of rotatable bonds is 5. The molecule has 2 nitrogen and oxygen atoms in total. The van der Waals surface area contributed by atoms with Crippen molar-refractivity contribution in [3.63, 3.8) is 0 Å². The summed E-state index contributed by atoms with van der Waals surface area (Å²) < 4.78 is 13.7. The fourth-order valence-electron chi connectivity index (χ4n) is 1.98. The summed E-state index contributed by atoms with van der Waals surface area (Å²) in [6.45, 7) is 2.07. The van der Waals surface area contributed by atoms with Gasteiger partial charge in [-0.15, -0.1) is 11.3 Å². The van der Waals surface area contributed by atoms with Crippen LogP contribution >= 0.6 is 27.3 Å². The third-order valence-electron chi connectivity index (χ3n) is 2.97. The van der Waals surface area contributed by atoms with Crippen molar-refractivity contribution in [2.75, 3.05) is 0 Å². The van der Waals surface area contributed by atoms with Gasteiger partial charge in [0.25, 0.3) is 5.91 Å². The van der Waals surface area contributed by atoms with E-state index in [1.807, 2.05) is 17.5 Å². The largest absolute Gasteiger partial charge is 0.344 e. The third-order valence-corrected chi connectivity index (χ3v) is 4.76. The van der Waals surface area contributed by atoms with Crippen LogP contribution in [0.3, 0.4) is 0 Å². The Kier molecular flexibility index (Phi) is 5.31. The minimum absolute atomic E-state index is 0.0253. The quantitative estimate of drug-likeness (QED) is 0.809. The average Bonchev–Trinajstić information content (AvgIpc) is 2.95. The van der Waals surface area contributed by atoms with Gasteiger partial charge >= 0.3 is 0 Å². The van der Waals surface area contributed by atoms with Gasteiger partial charge in [0, 0.05) is 4.88 Å². The summed E-state index contributed by atoms with van der Waals surface area (Å²) in [6.07, 6.45) is 1.83. The van der Waals surface area contributed by atoms with Crippen molar-refractivity contribution >= 4 is 33.2 Å². The molecular weight excluding hydrogens is 341 g/mol. The van der Waals surface area contributed by atoms with E-state index in [9.17, 15) is 9.18 Å².